The van der Waals surface area contributed by atoms with E-state index in [9.17, 15) is 14.4 Å². The van der Waals surface area contributed by atoms with Crippen LogP contribution in [0.2, 0.25) is 0 Å². The Bertz CT molecular complexity index is 889. The number of ether oxygens (including phenoxy) is 1. The highest BCUT2D eigenvalue weighted by atomic mass is 16.5. The van der Waals surface area contributed by atoms with Gasteiger partial charge in [0.25, 0.3) is 5.91 Å². The Labute approximate surface area is 164 Å². The van der Waals surface area contributed by atoms with E-state index in [2.05, 4.69) is 10.3 Å². The van der Waals surface area contributed by atoms with E-state index in [4.69, 9.17) is 4.74 Å². The lowest BCUT2D eigenvalue weighted by atomic mass is 10.0. The fourth-order valence-electron chi connectivity index (χ4n) is 3.66. The van der Waals surface area contributed by atoms with Crippen LogP contribution in [-0.4, -0.2) is 47.4 Å². The number of carbonyl (C=O) groups excluding carboxylic acids is 3. The summed E-state index contributed by atoms with van der Waals surface area (Å²) < 4.78 is 5.11. The lowest BCUT2D eigenvalue weighted by Crippen LogP contribution is -2.37. The second kappa shape index (κ2) is 8.29. The van der Waals surface area contributed by atoms with Crippen LogP contribution in [0.4, 0.5) is 0 Å². The second-order valence-corrected chi connectivity index (χ2v) is 6.82. The first-order valence-electron chi connectivity index (χ1n) is 9.43. The quantitative estimate of drug-likeness (QED) is 0.794. The Morgan fingerprint density at radius 1 is 1.21 bits per heavy atom. The van der Waals surface area contributed by atoms with Gasteiger partial charge in [0, 0.05) is 18.8 Å². The van der Waals surface area contributed by atoms with Crippen LogP contribution in [0.1, 0.15) is 57.1 Å². The summed E-state index contributed by atoms with van der Waals surface area (Å²) >= 11 is 0. The lowest BCUT2D eigenvalue weighted by molar-refractivity contribution is -0.121. The first-order valence-corrected chi connectivity index (χ1v) is 9.43. The van der Waals surface area contributed by atoms with Crippen molar-refractivity contribution in [2.24, 2.45) is 0 Å². The Kier molecular flexibility index (Phi) is 5.82. The summed E-state index contributed by atoms with van der Waals surface area (Å²) in [7, 11) is 0. The Balaban J connectivity index is 1.98. The number of aromatic amines is 1. The van der Waals surface area contributed by atoms with Gasteiger partial charge in [-0.15, -0.1) is 0 Å². The molecule has 28 heavy (non-hydrogen) atoms. The summed E-state index contributed by atoms with van der Waals surface area (Å²) in [6.07, 6.45) is 0.194. The van der Waals surface area contributed by atoms with Crippen LogP contribution < -0.4 is 5.32 Å². The number of rotatable bonds is 4. The molecule has 0 saturated carbocycles. The minimum absolute atomic E-state index is 0.0873. The molecule has 3 rings (SSSR count). The van der Waals surface area contributed by atoms with Crippen molar-refractivity contribution in [2.45, 2.75) is 33.2 Å². The first-order chi connectivity index (χ1) is 13.4. The van der Waals surface area contributed by atoms with Gasteiger partial charge in [0.2, 0.25) is 5.91 Å². The lowest BCUT2D eigenvalue weighted by Gasteiger charge is -2.29. The number of amides is 2. The summed E-state index contributed by atoms with van der Waals surface area (Å²) in [5, 5.41) is 2.83. The van der Waals surface area contributed by atoms with Crippen molar-refractivity contribution < 1.29 is 19.1 Å². The van der Waals surface area contributed by atoms with Gasteiger partial charge in [-0.3, -0.25) is 9.59 Å². The van der Waals surface area contributed by atoms with E-state index in [-0.39, 0.29) is 30.9 Å². The predicted octanol–water partition coefficient (Wildman–Crippen LogP) is 2.51. The maximum atomic E-state index is 13.4. The minimum Gasteiger partial charge on any atom is -0.462 e. The third-order valence-electron chi connectivity index (χ3n) is 5.01. The van der Waals surface area contributed by atoms with Crippen LogP contribution in [0.15, 0.2) is 30.3 Å². The molecule has 1 aliphatic rings. The highest BCUT2D eigenvalue weighted by molar-refractivity contribution is 6.01. The van der Waals surface area contributed by atoms with Gasteiger partial charge in [-0.05, 0) is 31.9 Å². The van der Waals surface area contributed by atoms with Crippen molar-refractivity contribution in [3.8, 4) is 0 Å². The molecule has 0 aliphatic carbocycles. The molecular weight excluding hydrogens is 358 g/mol. The zero-order valence-corrected chi connectivity index (χ0v) is 16.4. The summed E-state index contributed by atoms with van der Waals surface area (Å²) in [6.45, 7) is 6.27. The first kappa shape index (κ1) is 19.7. The molecular formula is C21H25N3O4. The van der Waals surface area contributed by atoms with Gasteiger partial charge in [-0.25, -0.2) is 4.79 Å². The monoisotopic (exact) mass is 383 g/mol. The second-order valence-electron chi connectivity index (χ2n) is 6.82. The van der Waals surface area contributed by atoms with Crippen molar-refractivity contribution in [3.63, 3.8) is 0 Å². The molecule has 0 unspecified atom stereocenters. The van der Waals surface area contributed by atoms with Crippen LogP contribution in [0.5, 0.6) is 0 Å². The molecule has 2 N–H and O–H groups in total. The molecule has 1 atom stereocenters. The number of nitrogens with one attached hydrogen (secondary N) is 2. The van der Waals surface area contributed by atoms with Crippen molar-refractivity contribution in [2.75, 3.05) is 19.7 Å². The molecule has 0 bridgehead atoms. The van der Waals surface area contributed by atoms with E-state index in [1.54, 1.807) is 25.7 Å². The fraction of sp³-hybridized carbons (Fsp3) is 0.381. The van der Waals surface area contributed by atoms with Gasteiger partial charge in [-0.2, -0.15) is 0 Å². The van der Waals surface area contributed by atoms with Gasteiger partial charge < -0.3 is 19.9 Å². The largest absolute Gasteiger partial charge is 0.462 e. The number of aromatic nitrogens is 1. The van der Waals surface area contributed by atoms with E-state index in [0.29, 0.717) is 35.6 Å². The van der Waals surface area contributed by atoms with Gasteiger partial charge in [0.15, 0.2) is 0 Å². The third-order valence-corrected chi connectivity index (χ3v) is 5.01. The van der Waals surface area contributed by atoms with Crippen molar-refractivity contribution in [1.82, 2.24) is 15.2 Å². The van der Waals surface area contributed by atoms with Crippen LogP contribution in [0.3, 0.4) is 0 Å². The minimum atomic E-state index is -0.444. The zero-order valence-electron chi connectivity index (χ0n) is 16.4. The van der Waals surface area contributed by atoms with Crippen LogP contribution in [0.25, 0.3) is 0 Å². The fourth-order valence-corrected chi connectivity index (χ4v) is 3.66. The van der Waals surface area contributed by atoms with Crippen molar-refractivity contribution >= 4 is 17.8 Å². The van der Waals surface area contributed by atoms with Gasteiger partial charge in [0.05, 0.1) is 24.6 Å². The molecule has 0 spiro atoms. The van der Waals surface area contributed by atoms with E-state index >= 15 is 0 Å². The molecule has 0 radical (unpaired) electrons. The molecule has 1 saturated heterocycles. The summed E-state index contributed by atoms with van der Waals surface area (Å²) in [5.41, 5.74) is 2.82. The number of esters is 1. The molecule has 2 aromatic rings. The predicted molar refractivity (Wildman–Crippen MR) is 104 cm³/mol. The maximum Gasteiger partial charge on any atom is 0.340 e. The number of benzene rings is 1. The summed E-state index contributed by atoms with van der Waals surface area (Å²) in [5.74, 6) is -0.766. The number of aryl methyl sites for hydroxylation is 1. The van der Waals surface area contributed by atoms with E-state index in [0.717, 1.165) is 5.56 Å². The normalized spacial score (nSPS) is 17.0. The third kappa shape index (κ3) is 3.78. The Morgan fingerprint density at radius 3 is 2.61 bits per heavy atom. The van der Waals surface area contributed by atoms with Crippen molar-refractivity contribution in [3.05, 3.63) is 58.4 Å². The Hall–Kier alpha value is -3.09. The highest BCUT2D eigenvalue weighted by Crippen LogP contribution is 2.29. The van der Waals surface area contributed by atoms with Crippen LogP contribution in [0, 0.1) is 13.8 Å². The standard InChI is InChI=1S/C21H25N3O4/c1-4-28-21(27)18-13(2)19(23-14(18)3)20(26)24-11-10-22-17(25)12-16(24)15-8-6-5-7-9-15/h5-9,16,23H,4,10-12H2,1-3H3,(H,22,25)/t16-/m1/s1. The zero-order chi connectivity index (χ0) is 20.3. The van der Waals surface area contributed by atoms with Gasteiger partial charge in [0.1, 0.15) is 5.69 Å². The average molecular weight is 383 g/mol. The molecule has 7 nitrogen and oxygen atoms in total. The molecule has 148 valence electrons. The highest BCUT2D eigenvalue weighted by Gasteiger charge is 2.33. The van der Waals surface area contributed by atoms with Gasteiger partial charge in [-0.1, -0.05) is 30.3 Å². The van der Waals surface area contributed by atoms with E-state index in [1.807, 2.05) is 30.3 Å². The molecule has 2 heterocycles. The molecule has 1 aliphatic heterocycles. The maximum absolute atomic E-state index is 13.4. The van der Waals surface area contributed by atoms with E-state index < -0.39 is 5.97 Å². The number of hydrogen-bond acceptors (Lipinski definition) is 4. The number of H-pyrrole nitrogens is 1. The molecule has 1 fully saturated rings. The molecule has 1 aromatic carbocycles. The Morgan fingerprint density at radius 2 is 1.93 bits per heavy atom. The summed E-state index contributed by atoms with van der Waals surface area (Å²) in [4.78, 5) is 42.6. The van der Waals surface area contributed by atoms with E-state index in [1.165, 1.54) is 0 Å². The smallest absolute Gasteiger partial charge is 0.340 e. The number of carbonyl (C=O) groups is 3. The average Bonchev–Trinajstić information content (AvgIpc) is 2.85. The number of nitrogens with zero attached hydrogens (tertiary/aromatic N) is 1. The number of hydrogen-bond donors (Lipinski definition) is 2. The van der Waals surface area contributed by atoms with Crippen molar-refractivity contribution in [1.29, 1.82) is 0 Å². The molecule has 2 amide bonds. The van der Waals surface area contributed by atoms with Gasteiger partial charge >= 0.3 is 5.97 Å². The SMILES string of the molecule is CCOC(=O)c1c(C)[nH]c(C(=O)N2CCNC(=O)C[C@@H]2c2ccccc2)c1C. The molecule has 7 heteroatoms. The van der Waals surface area contributed by atoms with Crippen LogP contribution in [-0.2, 0) is 9.53 Å². The summed E-state index contributed by atoms with van der Waals surface area (Å²) in [6, 6.07) is 9.15. The topological polar surface area (TPSA) is 91.5 Å². The van der Waals surface area contributed by atoms with Crippen LogP contribution >= 0.6 is 0 Å². The molecule has 1 aromatic heterocycles.